The number of amides is 1. The first kappa shape index (κ1) is 16.4. The Labute approximate surface area is 116 Å². The minimum atomic E-state index is -0.472. The summed E-state index contributed by atoms with van der Waals surface area (Å²) in [4.78, 5) is 13.7. The average Bonchev–Trinajstić information content (AvgIpc) is 2.39. The highest BCUT2D eigenvalue weighted by Gasteiger charge is 2.18. The van der Waals surface area contributed by atoms with Crippen molar-refractivity contribution in [3.63, 3.8) is 0 Å². The molecule has 5 heteroatoms. The van der Waals surface area contributed by atoms with Gasteiger partial charge in [0.05, 0.1) is 6.10 Å². The summed E-state index contributed by atoms with van der Waals surface area (Å²) in [7, 11) is 1.63. The van der Waals surface area contributed by atoms with Crippen LogP contribution in [0.25, 0.3) is 0 Å². The number of aliphatic hydroxyl groups excluding tert-OH is 1. The zero-order chi connectivity index (χ0) is 14.1. The van der Waals surface area contributed by atoms with E-state index in [2.05, 4.69) is 17.1 Å². The van der Waals surface area contributed by atoms with Gasteiger partial charge < -0.3 is 20.1 Å². The molecule has 1 amide bonds. The second-order valence-corrected chi connectivity index (χ2v) is 5.54. The molecule has 19 heavy (non-hydrogen) atoms. The van der Waals surface area contributed by atoms with Gasteiger partial charge in [0.15, 0.2) is 0 Å². The number of rotatable bonds is 8. The number of ether oxygens (including phenoxy) is 1. The maximum absolute atomic E-state index is 11.5. The third-order valence-electron chi connectivity index (χ3n) is 3.63. The van der Waals surface area contributed by atoms with Crippen LogP contribution in [0.2, 0.25) is 0 Å². The van der Waals surface area contributed by atoms with E-state index in [0.29, 0.717) is 26.1 Å². The topological polar surface area (TPSA) is 61.8 Å². The zero-order valence-electron chi connectivity index (χ0n) is 12.2. The van der Waals surface area contributed by atoms with Gasteiger partial charge in [-0.15, -0.1) is 0 Å². The summed E-state index contributed by atoms with van der Waals surface area (Å²) < 4.78 is 4.89. The molecule has 0 aromatic rings. The molecular formula is C14H28N2O3. The van der Waals surface area contributed by atoms with Gasteiger partial charge in [0.2, 0.25) is 5.91 Å². The number of hydrogen-bond acceptors (Lipinski definition) is 4. The predicted octanol–water partition coefficient (Wildman–Crippen LogP) is 0.622. The Bertz CT molecular complexity index is 253. The van der Waals surface area contributed by atoms with Crippen molar-refractivity contribution in [3.8, 4) is 0 Å². The molecule has 0 bridgehead atoms. The number of nitrogens with one attached hydrogen (secondary N) is 1. The van der Waals surface area contributed by atoms with E-state index in [1.54, 1.807) is 7.11 Å². The molecule has 1 fully saturated rings. The fraction of sp³-hybridized carbons (Fsp3) is 0.929. The molecule has 5 nitrogen and oxygen atoms in total. The van der Waals surface area contributed by atoms with E-state index in [9.17, 15) is 9.90 Å². The van der Waals surface area contributed by atoms with Crippen molar-refractivity contribution in [3.05, 3.63) is 0 Å². The Balaban J connectivity index is 2.07. The summed E-state index contributed by atoms with van der Waals surface area (Å²) in [5.74, 6) is 0.789. The SMILES string of the molecule is COCCCC(=O)NCC(O)CN1CCC(C)CC1. The zero-order valence-corrected chi connectivity index (χ0v) is 12.2. The standard InChI is InChI=1S/C14H28N2O3/c1-12-5-7-16(8-6-12)11-13(17)10-15-14(18)4-3-9-19-2/h12-13,17H,3-11H2,1-2H3,(H,15,18). The Morgan fingerprint density at radius 3 is 2.79 bits per heavy atom. The van der Waals surface area contributed by atoms with Crippen molar-refractivity contribution in [1.82, 2.24) is 10.2 Å². The van der Waals surface area contributed by atoms with Gasteiger partial charge in [-0.2, -0.15) is 0 Å². The van der Waals surface area contributed by atoms with Gasteiger partial charge in [0.25, 0.3) is 0 Å². The van der Waals surface area contributed by atoms with E-state index < -0.39 is 6.10 Å². The lowest BCUT2D eigenvalue weighted by Crippen LogP contribution is -2.43. The minimum absolute atomic E-state index is 0.0108. The van der Waals surface area contributed by atoms with Gasteiger partial charge in [0, 0.05) is 33.2 Å². The number of piperidine rings is 1. The average molecular weight is 272 g/mol. The molecule has 1 rings (SSSR count). The number of carbonyl (C=O) groups excluding carboxylic acids is 1. The normalized spacial score (nSPS) is 19.3. The highest BCUT2D eigenvalue weighted by atomic mass is 16.5. The van der Waals surface area contributed by atoms with E-state index >= 15 is 0 Å². The molecule has 1 atom stereocenters. The lowest BCUT2D eigenvalue weighted by molar-refractivity contribution is -0.121. The third kappa shape index (κ3) is 7.50. The summed E-state index contributed by atoms with van der Waals surface area (Å²) in [5, 5.41) is 12.7. The maximum Gasteiger partial charge on any atom is 0.220 e. The van der Waals surface area contributed by atoms with Crippen molar-refractivity contribution in [2.24, 2.45) is 5.92 Å². The van der Waals surface area contributed by atoms with Crippen molar-refractivity contribution in [1.29, 1.82) is 0 Å². The molecule has 1 heterocycles. The molecule has 0 spiro atoms. The Kier molecular flexibility index (Phi) is 8.02. The lowest BCUT2D eigenvalue weighted by atomic mass is 9.99. The van der Waals surface area contributed by atoms with Crippen LogP contribution in [0.4, 0.5) is 0 Å². The van der Waals surface area contributed by atoms with Crippen LogP contribution in [-0.4, -0.2) is 61.9 Å². The Morgan fingerprint density at radius 1 is 1.47 bits per heavy atom. The quantitative estimate of drug-likeness (QED) is 0.636. The van der Waals surface area contributed by atoms with Gasteiger partial charge in [-0.05, 0) is 38.3 Å². The number of carbonyl (C=O) groups is 1. The number of nitrogens with zero attached hydrogens (tertiary/aromatic N) is 1. The smallest absolute Gasteiger partial charge is 0.220 e. The van der Waals surface area contributed by atoms with Gasteiger partial charge in [-0.1, -0.05) is 6.92 Å². The predicted molar refractivity (Wildman–Crippen MR) is 75.0 cm³/mol. The first-order valence-corrected chi connectivity index (χ1v) is 7.28. The van der Waals surface area contributed by atoms with Gasteiger partial charge >= 0.3 is 0 Å². The fourth-order valence-electron chi connectivity index (χ4n) is 2.30. The summed E-state index contributed by atoms with van der Waals surface area (Å²) in [5.41, 5.74) is 0. The first-order chi connectivity index (χ1) is 9.11. The fourth-order valence-corrected chi connectivity index (χ4v) is 2.30. The highest BCUT2D eigenvalue weighted by Crippen LogP contribution is 2.15. The lowest BCUT2D eigenvalue weighted by Gasteiger charge is -2.31. The summed E-state index contributed by atoms with van der Waals surface area (Å²) in [6, 6.07) is 0. The van der Waals surface area contributed by atoms with Crippen LogP contribution in [0.15, 0.2) is 0 Å². The van der Waals surface area contributed by atoms with Gasteiger partial charge in [-0.3, -0.25) is 4.79 Å². The molecule has 1 unspecified atom stereocenters. The van der Waals surface area contributed by atoms with Crippen LogP contribution in [0.5, 0.6) is 0 Å². The van der Waals surface area contributed by atoms with Crippen LogP contribution >= 0.6 is 0 Å². The molecule has 0 aromatic carbocycles. The summed E-state index contributed by atoms with van der Waals surface area (Å²) in [6.45, 7) is 5.99. The van der Waals surface area contributed by atoms with Crippen LogP contribution in [0.3, 0.4) is 0 Å². The van der Waals surface area contributed by atoms with Crippen LogP contribution in [0.1, 0.15) is 32.6 Å². The molecule has 112 valence electrons. The third-order valence-corrected chi connectivity index (χ3v) is 3.63. The molecular weight excluding hydrogens is 244 g/mol. The van der Waals surface area contributed by atoms with Gasteiger partial charge in [0.1, 0.15) is 0 Å². The molecule has 0 saturated carbocycles. The van der Waals surface area contributed by atoms with E-state index in [1.165, 1.54) is 12.8 Å². The van der Waals surface area contributed by atoms with Gasteiger partial charge in [-0.25, -0.2) is 0 Å². The number of likely N-dealkylation sites (tertiary alicyclic amines) is 1. The van der Waals surface area contributed by atoms with Crippen LogP contribution in [0, 0.1) is 5.92 Å². The molecule has 0 aliphatic carbocycles. The van der Waals surface area contributed by atoms with Crippen molar-refractivity contribution >= 4 is 5.91 Å². The van der Waals surface area contributed by atoms with Crippen molar-refractivity contribution in [2.75, 3.05) is 39.9 Å². The molecule has 0 radical (unpaired) electrons. The monoisotopic (exact) mass is 272 g/mol. The van der Waals surface area contributed by atoms with Crippen LogP contribution in [-0.2, 0) is 9.53 Å². The second kappa shape index (κ2) is 9.28. The van der Waals surface area contributed by atoms with Crippen molar-refractivity contribution in [2.45, 2.75) is 38.7 Å². The van der Waals surface area contributed by atoms with E-state index in [-0.39, 0.29) is 5.91 Å². The number of β-amino-alcohol motifs (C(OH)–C–C–N with tert-alkyl or cyclic N) is 1. The summed E-state index contributed by atoms with van der Waals surface area (Å²) >= 11 is 0. The highest BCUT2D eigenvalue weighted by molar-refractivity contribution is 5.75. The second-order valence-electron chi connectivity index (χ2n) is 5.54. The number of hydrogen-bond donors (Lipinski definition) is 2. The molecule has 1 aliphatic heterocycles. The number of methoxy groups -OCH3 is 1. The Morgan fingerprint density at radius 2 is 2.16 bits per heavy atom. The van der Waals surface area contributed by atoms with E-state index in [4.69, 9.17) is 4.74 Å². The maximum atomic E-state index is 11.5. The van der Waals surface area contributed by atoms with E-state index in [0.717, 1.165) is 25.4 Å². The first-order valence-electron chi connectivity index (χ1n) is 7.28. The van der Waals surface area contributed by atoms with Crippen molar-refractivity contribution < 1.29 is 14.6 Å². The van der Waals surface area contributed by atoms with E-state index in [1.807, 2.05) is 0 Å². The van der Waals surface area contributed by atoms with Crippen LogP contribution < -0.4 is 5.32 Å². The molecule has 1 aliphatic rings. The number of aliphatic hydroxyl groups is 1. The molecule has 0 aromatic heterocycles. The molecule has 2 N–H and O–H groups in total. The Hall–Kier alpha value is -0.650. The summed E-state index contributed by atoms with van der Waals surface area (Å²) in [6.07, 6.45) is 3.12. The largest absolute Gasteiger partial charge is 0.390 e. The molecule has 1 saturated heterocycles. The minimum Gasteiger partial charge on any atom is -0.390 e.